The molecule has 0 bridgehead atoms. The molecule has 0 unspecified atom stereocenters. The first-order valence-electron chi connectivity index (χ1n) is 3.04. The van der Waals surface area contributed by atoms with Gasteiger partial charge < -0.3 is 4.74 Å². The predicted octanol–water partition coefficient (Wildman–Crippen LogP) is 0.972. The van der Waals surface area contributed by atoms with Crippen LogP contribution in [0.3, 0.4) is 0 Å². The van der Waals surface area contributed by atoms with Gasteiger partial charge in [-0.05, 0) is 6.92 Å². The summed E-state index contributed by atoms with van der Waals surface area (Å²) in [4.78, 5) is 10.5. The van der Waals surface area contributed by atoms with Crippen LogP contribution < -0.4 is 0 Å². The van der Waals surface area contributed by atoms with E-state index in [4.69, 9.17) is 16.3 Å². The van der Waals surface area contributed by atoms with Gasteiger partial charge in [0.15, 0.2) is 5.78 Å². The third-order valence-corrected chi connectivity index (χ3v) is 1.94. The Balaban J connectivity index is 2.25. The lowest BCUT2D eigenvalue weighted by molar-refractivity contribution is -0.132. The largest absolute Gasteiger partial charge is 0.376 e. The van der Waals surface area contributed by atoms with Crippen LogP contribution in [0.2, 0.25) is 0 Å². The molecule has 3 heteroatoms. The molecule has 0 N–H and O–H groups in total. The molecule has 0 aromatic carbocycles. The van der Waals surface area contributed by atoms with E-state index in [0.717, 1.165) is 0 Å². The van der Waals surface area contributed by atoms with Crippen molar-refractivity contribution >= 4 is 17.4 Å². The van der Waals surface area contributed by atoms with Crippen molar-refractivity contribution in [1.82, 2.24) is 0 Å². The summed E-state index contributed by atoms with van der Waals surface area (Å²) < 4.78 is 5.11. The highest BCUT2D eigenvalue weighted by atomic mass is 35.5. The lowest BCUT2D eigenvalue weighted by Crippen LogP contribution is -2.44. The molecule has 0 radical (unpaired) electrons. The minimum absolute atomic E-state index is 0.0100. The van der Waals surface area contributed by atoms with Crippen LogP contribution in [-0.4, -0.2) is 23.9 Å². The van der Waals surface area contributed by atoms with Crippen molar-refractivity contribution in [2.45, 2.75) is 24.8 Å². The molecule has 0 aromatic rings. The van der Waals surface area contributed by atoms with E-state index >= 15 is 0 Å². The van der Waals surface area contributed by atoms with Crippen LogP contribution in [0.4, 0.5) is 0 Å². The topological polar surface area (TPSA) is 26.3 Å². The van der Waals surface area contributed by atoms with E-state index in [0.29, 0.717) is 13.0 Å². The fraction of sp³-hybridized carbons (Fsp3) is 0.833. The van der Waals surface area contributed by atoms with E-state index in [1.807, 2.05) is 6.92 Å². The molecule has 1 fully saturated rings. The zero-order chi connectivity index (χ0) is 6.85. The number of carbonyl (C=O) groups excluding carboxylic acids is 1. The van der Waals surface area contributed by atoms with E-state index < -0.39 is 0 Å². The van der Waals surface area contributed by atoms with E-state index in [1.54, 1.807) is 0 Å². The van der Waals surface area contributed by atoms with Gasteiger partial charge in [0.25, 0.3) is 0 Å². The molecule has 1 saturated carbocycles. The number of rotatable bonds is 2. The minimum atomic E-state index is -0.370. The Morgan fingerprint density at radius 1 is 1.89 bits per heavy atom. The summed E-state index contributed by atoms with van der Waals surface area (Å²) in [6.07, 6.45) is 0.492. The van der Waals surface area contributed by atoms with E-state index in [-0.39, 0.29) is 17.3 Å². The van der Waals surface area contributed by atoms with Gasteiger partial charge in [0, 0.05) is 13.0 Å². The van der Waals surface area contributed by atoms with Crippen LogP contribution in [0, 0.1) is 0 Å². The van der Waals surface area contributed by atoms with Crippen molar-refractivity contribution in [3.63, 3.8) is 0 Å². The highest BCUT2D eigenvalue weighted by Crippen LogP contribution is 2.24. The number of ether oxygens (including phenoxy) is 1. The van der Waals surface area contributed by atoms with Crippen molar-refractivity contribution in [2.24, 2.45) is 0 Å². The normalized spacial score (nSPS) is 34.2. The molecule has 0 heterocycles. The van der Waals surface area contributed by atoms with E-state index in [1.165, 1.54) is 0 Å². The van der Waals surface area contributed by atoms with Crippen LogP contribution in [0.1, 0.15) is 13.3 Å². The van der Waals surface area contributed by atoms with Gasteiger partial charge in [-0.15, -0.1) is 11.6 Å². The molecule has 1 aliphatic carbocycles. The first-order chi connectivity index (χ1) is 4.25. The number of ketones is 1. The number of alkyl halides is 1. The van der Waals surface area contributed by atoms with Crippen molar-refractivity contribution in [3.8, 4) is 0 Å². The van der Waals surface area contributed by atoms with Crippen LogP contribution in [0.5, 0.6) is 0 Å². The number of halogens is 1. The molecule has 52 valence electrons. The molecular formula is C6H9ClO2. The quantitative estimate of drug-likeness (QED) is 0.546. The fourth-order valence-electron chi connectivity index (χ4n) is 0.819. The van der Waals surface area contributed by atoms with Gasteiger partial charge in [0.2, 0.25) is 0 Å². The van der Waals surface area contributed by atoms with Crippen LogP contribution in [0.25, 0.3) is 0 Å². The van der Waals surface area contributed by atoms with Crippen LogP contribution in [-0.2, 0) is 9.53 Å². The molecule has 0 saturated heterocycles. The lowest BCUT2D eigenvalue weighted by Gasteiger charge is -2.29. The Morgan fingerprint density at radius 2 is 2.56 bits per heavy atom. The second-order valence-corrected chi connectivity index (χ2v) is 2.54. The summed E-state index contributed by atoms with van der Waals surface area (Å²) in [5.41, 5.74) is 0. The number of Topliss-reactive ketones (excluding diaryl/α,β-unsaturated/α-hetero) is 1. The summed E-state index contributed by atoms with van der Waals surface area (Å²) in [5, 5.41) is -0.370. The first-order valence-corrected chi connectivity index (χ1v) is 3.47. The number of carbonyl (C=O) groups is 1. The van der Waals surface area contributed by atoms with Crippen molar-refractivity contribution in [3.05, 3.63) is 0 Å². The molecule has 2 atom stereocenters. The van der Waals surface area contributed by atoms with Gasteiger partial charge in [0.05, 0.1) is 6.10 Å². The van der Waals surface area contributed by atoms with Gasteiger partial charge in [0.1, 0.15) is 5.38 Å². The predicted molar refractivity (Wildman–Crippen MR) is 34.7 cm³/mol. The van der Waals surface area contributed by atoms with Crippen LogP contribution >= 0.6 is 11.6 Å². The molecule has 0 aromatic heterocycles. The Kier molecular flexibility index (Phi) is 2.09. The smallest absolute Gasteiger partial charge is 0.156 e. The summed E-state index contributed by atoms with van der Waals surface area (Å²) in [6, 6.07) is 0. The molecule has 1 aliphatic rings. The average Bonchev–Trinajstić information content (AvgIpc) is 1.88. The Labute approximate surface area is 59.1 Å². The Bertz CT molecular complexity index is 124. The van der Waals surface area contributed by atoms with Crippen molar-refractivity contribution in [2.75, 3.05) is 6.61 Å². The van der Waals surface area contributed by atoms with Gasteiger partial charge in [-0.25, -0.2) is 0 Å². The maximum atomic E-state index is 10.5. The number of hydrogen-bond acceptors (Lipinski definition) is 2. The number of hydrogen-bond donors (Lipinski definition) is 0. The molecule has 0 spiro atoms. The third-order valence-electron chi connectivity index (χ3n) is 1.42. The van der Waals surface area contributed by atoms with Gasteiger partial charge in [-0.1, -0.05) is 0 Å². The van der Waals surface area contributed by atoms with Gasteiger partial charge >= 0.3 is 0 Å². The second kappa shape index (κ2) is 2.67. The highest BCUT2D eigenvalue weighted by Gasteiger charge is 2.38. The summed E-state index contributed by atoms with van der Waals surface area (Å²) in [6.45, 7) is 2.54. The Hall–Kier alpha value is -0.0800. The zero-order valence-electron chi connectivity index (χ0n) is 5.26. The monoisotopic (exact) mass is 148 g/mol. The van der Waals surface area contributed by atoms with E-state index in [9.17, 15) is 4.79 Å². The SMILES string of the molecule is CCO[C@@H]1CC(=O)[C@H]1Cl. The molecule has 9 heavy (non-hydrogen) atoms. The maximum absolute atomic E-state index is 10.5. The fourth-order valence-corrected chi connectivity index (χ4v) is 1.07. The average molecular weight is 149 g/mol. The summed E-state index contributed by atoms with van der Waals surface area (Å²) in [5.74, 6) is 0.107. The van der Waals surface area contributed by atoms with E-state index in [2.05, 4.69) is 0 Å². The molecule has 2 nitrogen and oxygen atoms in total. The maximum Gasteiger partial charge on any atom is 0.156 e. The second-order valence-electron chi connectivity index (χ2n) is 2.07. The lowest BCUT2D eigenvalue weighted by atomic mass is 9.93. The molecular weight excluding hydrogens is 140 g/mol. The van der Waals surface area contributed by atoms with Crippen molar-refractivity contribution in [1.29, 1.82) is 0 Å². The summed E-state index contributed by atoms with van der Waals surface area (Å²) in [7, 11) is 0. The molecule has 0 aliphatic heterocycles. The first kappa shape index (κ1) is 7.03. The van der Waals surface area contributed by atoms with Gasteiger partial charge in [-0.3, -0.25) is 4.79 Å². The van der Waals surface area contributed by atoms with Gasteiger partial charge in [-0.2, -0.15) is 0 Å². The highest BCUT2D eigenvalue weighted by molar-refractivity contribution is 6.34. The molecule has 0 amide bonds. The minimum Gasteiger partial charge on any atom is -0.376 e. The molecule has 1 rings (SSSR count). The Morgan fingerprint density at radius 3 is 2.89 bits per heavy atom. The standard InChI is InChI=1S/C6H9ClO2/c1-2-9-5-3-4(8)6(5)7/h5-6H,2-3H2,1H3/t5-,6-/m1/s1. The summed E-state index contributed by atoms with van der Waals surface area (Å²) >= 11 is 5.57. The van der Waals surface area contributed by atoms with Crippen molar-refractivity contribution < 1.29 is 9.53 Å². The zero-order valence-corrected chi connectivity index (χ0v) is 6.02. The van der Waals surface area contributed by atoms with Crippen LogP contribution in [0.15, 0.2) is 0 Å². The third kappa shape index (κ3) is 1.25.